The van der Waals surface area contributed by atoms with Crippen LogP contribution >= 0.6 is 12.2 Å². The Labute approximate surface area is 126 Å². The van der Waals surface area contributed by atoms with Crippen molar-refractivity contribution in [2.45, 2.75) is 44.6 Å². The van der Waals surface area contributed by atoms with E-state index >= 15 is 0 Å². The van der Waals surface area contributed by atoms with Gasteiger partial charge in [0.05, 0.1) is 9.88 Å². The van der Waals surface area contributed by atoms with Gasteiger partial charge in [0.25, 0.3) is 0 Å². The fraction of sp³-hybridized carbons (Fsp3) is 0.500. The molecule has 2 unspecified atom stereocenters. The average molecular weight is 314 g/mol. The standard InChI is InChI=1S/C14H22N2O2S2/c1-4-10(2)11(3)16-20(17,18)13-7-5-12(6-8-13)9-14(15)19/h5-8,10-11,16H,4,9H2,1-3H3,(H2,15,19). The van der Waals surface area contributed by atoms with E-state index in [-0.39, 0.29) is 10.9 Å². The summed E-state index contributed by atoms with van der Waals surface area (Å²) in [6.07, 6.45) is 1.41. The summed E-state index contributed by atoms with van der Waals surface area (Å²) in [4.78, 5) is 0.656. The van der Waals surface area contributed by atoms with Gasteiger partial charge >= 0.3 is 0 Å². The summed E-state index contributed by atoms with van der Waals surface area (Å²) in [5.74, 6) is 0.290. The predicted octanol–water partition coefficient (Wildman–Crippen LogP) is 2.23. The molecule has 1 aromatic carbocycles. The van der Waals surface area contributed by atoms with Crippen molar-refractivity contribution in [2.24, 2.45) is 11.7 Å². The van der Waals surface area contributed by atoms with Crippen LogP contribution < -0.4 is 10.5 Å². The molecule has 1 rings (SSSR count). The monoisotopic (exact) mass is 314 g/mol. The lowest BCUT2D eigenvalue weighted by atomic mass is 10.0. The Morgan fingerprint density at radius 2 is 1.85 bits per heavy atom. The van der Waals surface area contributed by atoms with E-state index in [9.17, 15) is 8.42 Å². The van der Waals surface area contributed by atoms with Gasteiger partial charge in [0.2, 0.25) is 10.0 Å². The summed E-state index contributed by atoms with van der Waals surface area (Å²) in [7, 11) is -3.47. The number of thiocarbonyl (C=S) groups is 1. The van der Waals surface area contributed by atoms with Crippen LogP contribution in [0.2, 0.25) is 0 Å². The highest BCUT2D eigenvalue weighted by molar-refractivity contribution is 7.89. The summed E-state index contributed by atoms with van der Waals surface area (Å²) in [6.45, 7) is 5.95. The first-order valence-corrected chi connectivity index (χ1v) is 8.55. The lowest BCUT2D eigenvalue weighted by Gasteiger charge is -2.19. The molecule has 4 nitrogen and oxygen atoms in total. The van der Waals surface area contributed by atoms with E-state index in [4.69, 9.17) is 18.0 Å². The molecule has 0 fully saturated rings. The molecule has 2 atom stereocenters. The number of nitrogens with one attached hydrogen (secondary N) is 1. The number of rotatable bonds is 7. The van der Waals surface area contributed by atoms with Crippen LogP contribution in [0.4, 0.5) is 0 Å². The molecular weight excluding hydrogens is 292 g/mol. The molecule has 0 aromatic heterocycles. The molecule has 0 saturated heterocycles. The zero-order chi connectivity index (χ0) is 15.3. The summed E-state index contributed by atoms with van der Waals surface area (Å²) >= 11 is 4.83. The van der Waals surface area contributed by atoms with Crippen molar-refractivity contribution in [1.29, 1.82) is 0 Å². The molecule has 0 aliphatic rings. The number of nitrogens with two attached hydrogens (primary N) is 1. The van der Waals surface area contributed by atoms with E-state index in [0.717, 1.165) is 12.0 Å². The number of sulfonamides is 1. The Kier molecular flexibility index (Phi) is 6.10. The second-order valence-corrected chi connectivity index (χ2v) is 7.32. The van der Waals surface area contributed by atoms with Crippen LogP contribution in [0, 0.1) is 5.92 Å². The largest absolute Gasteiger partial charge is 0.393 e. The summed E-state index contributed by atoms with van der Waals surface area (Å²) in [6, 6.07) is 6.54. The maximum Gasteiger partial charge on any atom is 0.240 e. The van der Waals surface area contributed by atoms with E-state index in [1.807, 2.05) is 20.8 Å². The highest BCUT2D eigenvalue weighted by atomic mass is 32.2. The number of hydrogen-bond donors (Lipinski definition) is 2. The van der Waals surface area contributed by atoms with Gasteiger partial charge in [0.1, 0.15) is 0 Å². The Bertz CT molecular complexity index is 553. The van der Waals surface area contributed by atoms with Gasteiger partial charge in [-0.25, -0.2) is 13.1 Å². The van der Waals surface area contributed by atoms with Crippen LogP contribution in [0.25, 0.3) is 0 Å². The van der Waals surface area contributed by atoms with Crippen molar-refractivity contribution in [3.63, 3.8) is 0 Å². The summed E-state index contributed by atoms with van der Waals surface area (Å²) in [5.41, 5.74) is 6.37. The van der Waals surface area contributed by atoms with Crippen LogP contribution in [0.1, 0.15) is 32.8 Å². The van der Waals surface area contributed by atoms with Crippen LogP contribution in [-0.4, -0.2) is 19.4 Å². The Morgan fingerprint density at radius 3 is 2.30 bits per heavy atom. The smallest absolute Gasteiger partial charge is 0.240 e. The molecule has 112 valence electrons. The molecule has 0 heterocycles. The molecule has 0 amide bonds. The van der Waals surface area contributed by atoms with Gasteiger partial charge in [-0.15, -0.1) is 0 Å². The molecule has 1 aromatic rings. The van der Waals surface area contributed by atoms with Crippen molar-refractivity contribution in [1.82, 2.24) is 4.72 Å². The van der Waals surface area contributed by atoms with Crippen LogP contribution in [-0.2, 0) is 16.4 Å². The molecule has 3 N–H and O–H groups in total. The lowest BCUT2D eigenvalue weighted by molar-refractivity contribution is 0.434. The quantitative estimate of drug-likeness (QED) is 0.757. The van der Waals surface area contributed by atoms with Gasteiger partial charge in [0.15, 0.2) is 0 Å². The van der Waals surface area contributed by atoms with Gasteiger partial charge in [-0.2, -0.15) is 0 Å². The first-order valence-electron chi connectivity index (χ1n) is 6.65. The summed E-state index contributed by atoms with van der Waals surface area (Å²) < 4.78 is 27.2. The van der Waals surface area contributed by atoms with Gasteiger partial charge in [-0.1, -0.05) is 44.6 Å². The Balaban J connectivity index is 2.85. The maximum absolute atomic E-state index is 12.2. The van der Waals surface area contributed by atoms with Crippen LogP contribution in [0.3, 0.4) is 0 Å². The molecule has 20 heavy (non-hydrogen) atoms. The highest BCUT2D eigenvalue weighted by Crippen LogP contribution is 2.14. The second-order valence-electron chi connectivity index (χ2n) is 5.08. The van der Waals surface area contributed by atoms with Gasteiger partial charge in [-0.05, 0) is 30.5 Å². The van der Waals surface area contributed by atoms with Crippen molar-refractivity contribution in [2.75, 3.05) is 0 Å². The number of hydrogen-bond acceptors (Lipinski definition) is 3. The minimum Gasteiger partial charge on any atom is -0.393 e. The molecule has 0 aliphatic carbocycles. The third-order valence-corrected chi connectivity index (χ3v) is 5.17. The maximum atomic E-state index is 12.2. The third kappa shape index (κ3) is 4.85. The molecular formula is C14H22N2O2S2. The van der Waals surface area contributed by atoms with Crippen LogP contribution in [0.15, 0.2) is 29.2 Å². The molecule has 0 radical (unpaired) electrons. The zero-order valence-electron chi connectivity index (χ0n) is 12.1. The van der Waals surface area contributed by atoms with E-state index in [1.165, 1.54) is 0 Å². The molecule has 0 bridgehead atoms. The lowest BCUT2D eigenvalue weighted by Crippen LogP contribution is -2.36. The minimum absolute atomic E-state index is 0.0960. The summed E-state index contributed by atoms with van der Waals surface area (Å²) in [5, 5.41) is 0. The predicted molar refractivity (Wildman–Crippen MR) is 86.2 cm³/mol. The second kappa shape index (κ2) is 7.15. The van der Waals surface area contributed by atoms with Crippen molar-refractivity contribution in [3.05, 3.63) is 29.8 Å². The number of benzene rings is 1. The van der Waals surface area contributed by atoms with Crippen molar-refractivity contribution < 1.29 is 8.42 Å². The molecule has 0 saturated carbocycles. The van der Waals surface area contributed by atoms with E-state index in [0.29, 0.717) is 17.3 Å². The zero-order valence-corrected chi connectivity index (χ0v) is 13.7. The average Bonchev–Trinajstić information content (AvgIpc) is 2.37. The van der Waals surface area contributed by atoms with Crippen LogP contribution in [0.5, 0.6) is 0 Å². The Hall–Kier alpha value is -0.980. The third-order valence-electron chi connectivity index (χ3n) is 3.45. The van der Waals surface area contributed by atoms with E-state index in [2.05, 4.69) is 4.72 Å². The fourth-order valence-electron chi connectivity index (χ4n) is 1.77. The fourth-order valence-corrected chi connectivity index (χ4v) is 3.29. The topological polar surface area (TPSA) is 72.2 Å². The van der Waals surface area contributed by atoms with Gasteiger partial charge < -0.3 is 5.73 Å². The van der Waals surface area contributed by atoms with E-state index < -0.39 is 10.0 Å². The highest BCUT2D eigenvalue weighted by Gasteiger charge is 2.20. The normalized spacial score (nSPS) is 14.8. The van der Waals surface area contributed by atoms with Crippen molar-refractivity contribution in [3.8, 4) is 0 Å². The first kappa shape index (κ1) is 17.1. The van der Waals surface area contributed by atoms with Gasteiger partial charge in [-0.3, -0.25) is 0 Å². The Morgan fingerprint density at radius 1 is 1.30 bits per heavy atom. The molecule has 0 spiro atoms. The minimum atomic E-state index is -3.47. The van der Waals surface area contributed by atoms with E-state index in [1.54, 1.807) is 24.3 Å². The SMILES string of the molecule is CCC(C)C(C)NS(=O)(=O)c1ccc(CC(N)=S)cc1. The molecule has 6 heteroatoms. The van der Waals surface area contributed by atoms with Gasteiger partial charge in [0, 0.05) is 12.5 Å². The molecule has 0 aliphatic heterocycles. The van der Waals surface area contributed by atoms with Crippen molar-refractivity contribution >= 4 is 27.2 Å². The first-order chi connectivity index (χ1) is 9.26.